The van der Waals surface area contributed by atoms with Crippen LogP contribution < -0.4 is 10.5 Å². The normalized spacial score (nSPS) is 14.5. The lowest BCUT2D eigenvalue weighted by Gasteiger charge is -2.36. The van der Waals surface area contributed by atoms with E-state index in [4.69, 9.17) is 0 Å². The Morgan fingerprint density at radius 1 is 1.11 bits per heavy atom. The molecule has 0 radical (unpaired) electrons. The molecule has 3 heterocycles. The molecule has 7 nitrogen and oxygen atoms in total. The van der Waals surface area contributed by atoms with Crippen molar-refractivity contribution < 1.29 is 4.79 Å². The van der Waals surface area contributed by atoms with Crippen molar-refractivity contribution in [3.05, 3.63) is 64.2 Å². The van der Waals surface area contributed by atoms with Crippen LogP contribution in [0.4, 0.5) is 5.69 Å². The van der Waals surface area contributed by atoms with Crippen molar-refractivity contribution >= 4 is 22.8 Å². The van der Waals surface area contributed by atoms with Gasteiger partial charge in [-0.15, -0.1) is 0 Å². The molecule has 0 atom stereocenters. The summed E-state index contributed by atoms with van der Waals surface area (Å²) < 4.78 is 1.51. The Morgan fingerprint density at radius 3 is 2.61 bits per heavy atom. The SMILES string of the molecule is CCn1c(=O)c(C(=O)N2CCN(c3cccc(C)c3)CC2)nc2cccnc21. The molecule has 0 N–H and O–H groups in total. The van der Waals surface area contributed by atoms with E-state index in [0.717, 1.165) is 18.8 Å². The quantitative estimate of drug-likeness (QED) is 0.699. The minimum atomic E-state index is -0.375. The van der Waals surface area contributed by atoms with Crippen LogP contribution in [0.1, 0.15) is 23.0 Å². The molecule has 1 amide bonds. The number of aryl methyl sites for hydroxylation is 2. The van der Waals surface area contributed by atoms with Crippen LogP contribution in [0.2, 0.25) is 0 Å². The second-order valence-corrected chi connectivity index (χ2v) is 6.97. The molecule has 3 aromatic rings. The lowest BCUT2D eigenvalue weighted by molar-refractivity contribution is 0.0738. The fourth-order valence-electron chi connectivity index (χ4n) is 3.65. The lowest BCUT2D eigenvalue weighted by atomic mass is 10.2. The number of carbonyl (C=O) groups is 1. The summed E-state index contributed by atoms with van der Waals surface area (Å²) in [6.45, 7) is 6.96. The predicted octanol–water partition coefficient (Wildman–Crippen LogP) is 2.08. The van der Waals surface area contributed by atoms with Crippen LogP contribution in [0, 0.1) is 6.92 Å². The third-order valence-corrected chi connectivity index (χ3v) is 5.15. The van der Waals surface area contributed by atoms with E-state index in [9.17, 15) is 9.59 Å². The van der Waals surface area contributed by atoms with Crippen molar-refractivity contribution in [2.45, 2.75) is 20.4 Å². The highest BCUT2D eigenvalue weighted by Crippen LogP contribution is 2.18. The first-order chi connectivity index (χ1) is 13.6. The molecule has 0 bridgehead atoms. The zero-order valence-corrected chi connectivity index (χ0v) is 16.1. The van der Waals surface area contributed by atoms with E-state index in [-0.39, 0.29) is 17.2 Å². The van der Waals surface area contributed by atoms with Crippen LogP contribution >= 0.6 is 0 Å². The molecular weight excluding hydrogens is 354 g/mol. The highest BCUT2D eigenvalue weighted by Gasteiger charge is 2.26. The van der Waals surface area contributed by atoms with Gasteiger partial charge in [0.05, 0.1) is 0 Å². The molecule has 0 aliphatic carbocycles. The summed E-state index contributed by atoms with van der Waals surface area (Å²) in [5.74, 6) is -0.304. The van der Waals surface area contributed by atoms with Crippen LogP contribution in [0.15, 0.2) is 47.4 Å². The summed E-state index contributed by atoms with van der Waals surface area (Å²) in [6, 6.07) is 11.9. The van der Waals surface area contributed by atoms with Gasteiger partial charge in [0, 0.05) is 44.6 Å². The lowest BCUT2D eigenvalue weighted by Crippen LogP contribution is -2.50. The molecule has 0 spiro atoms. The molecule has 28 heavy (non-hydrogen) atoms. The Morgan fingerprint density at radius 2 is 1.89 bits per heavy atom. The smallest absolute Gasteiger partial charge is 0.283 e. The summed E-state index contributed by atoms with van der Waals surface area (Å²) in [5, 5.41) is 0. The molecule has 4 rings (SSSR count). The van der Waals surface area contributed by atoms with Gasteiger partial charge in [-0.3, -0.25) is 14.2 Å². The van der Waals surface area contributed by atoms with E-state index in [1.54, 1.807) is 23.2 Å². The number of nitrogens with zero attached hydrogens (tertiary/aromatic N) is 5. The van der Waals surface area contributed by atoms with Crippen molar-refractivity contribution in [1.82, 2.24) is 19.4 Å². The van der Waals surface area contributed by atoms with E-state index in [0.29, 0.717) is 30.8 Å². The Hall–Kier alpha value is -3.22. The van der Waals surface area contributed by atoms with Crippen LogP contribution in [0.3, 0.4) is 0 Å². The van der Waals surface area contributed by atoms with E-state index < -0.39 is 0 Å². The molecule has 144 valence electrons. The average Bonchev–Trinajstić information content (AvgIpc) is 2.73. The summed E-state index contributed by atoms with van der Waals surface area (Å²) >= 11 is 0. The van der Waals surface area contributed by atoms with E-state index in [1.807, 2.05) is 13.0 Å². The number of hydrogen-bond donors (Lipinski definition) is 0. The summed E-state index contributed by atoms with van der Waals surface area (Å²) in [4.78, 5) is 38.4. The fraction of sp³-hybridized carbons (Fsp3) is 0.333. The molecule has 1 saturated heterocycles. The number of carbonyl (C=O) groups excluding carboxylic acids is 1. The van der Waals surface area contributed by atoms with Crippen LogP contribution in [0.25, 0.3) is 11.2 Å². The molecule has 7 heteroatoms. The molecule has 2 aromatic heterocycles. The monoisotopic (exact) mass is 377 g/mol. The Bertz CT molecular complexity index is 1080. The van der Waals surface area contributed by atoms with Crippen molar-refractivity contribution in [2.75, 3.05) is 31.1 Å². The van der Waals surface area contributed by atoms with Crippen LogP contribution in [0.5, 0.6) is 0 Å². The minimum absolute atomic E-state index is 0.0219. The van der Waals surface area contributed by atoms with E-state index >= 15 is 0 Å². The molecular formula is C21H23N5O2. The van der Waals surface area contributed by atoms with Gasteiger partial charge in [0.2, 0.25) is 0 Å². The second-order valence-electron chi connectivity index (χ2n) is 6.97. The number of amides is 1. The highest BCUT2D eigenvalue weighted by molar-refractivity contribution is 5.93. The Balaban J connectivity index is 1.58. The number of rotatable bonds is 3. The molecule has 1 aliphatic heterocycles. The number of piperazine rings is 1. The van der Waals surface area contributed by atoms with Crippen LogP contribution in [-0.4, -0.2) is 51.5 Å². The number of hydrogen-bond acceptors (Lipinski definition) is 5. The highest BCUT2D eigenvalue weighted by atomic mass is 16.2. The topological polar surface area (TPSA) is 71.3 Å². The van der Waals surface area contributed by atoms with Gasteiger partial charge >= 0.3 is 0 Å². The molecule has 0 unspecified atom stereocenters. The number of anilines is 1. The van der Waals surface area contributed by atoms with Crippen LogP contribution in [-0.2, 0) is 6.54 Å². The van der Waals surface area contributed by atoms with Crippen molar-refractivity contribution in [1.29, 1.82) is 0 Å². The number of fused-ring (bicyclic) bond motifs is 1. The largest absolute Gasteiger partial charge is 0.368 e. The number of benzene rings is 1. The Kier molecular flexibility index (Phi) is 4.81. The summed E-state index contributed by atoms with van der Waals surface area (Å²) in [5.41, 5.74) is 3.05. The molecule has 1 aromatic carbocycles. The first-order valence-corrected chi connectivity index (χ1v) is 9.55. The third kappa shape index (κ3) is 3.24. The van der Waals surface area contributed by atoms with Gasteiger partial charge in [-0.05, 0) is 43.7 Å². The zero-order chi connectivity index (χ0) is 19.7. The molecule has 1 aliphatic rings. The number of aromatic nitrogens is 3. The summed E-state index contributed by atoms with van der Waals surface area (Å²) in [6.07, 6.45) is 1.63. The van der Waals surface area contributed by atoms with Gasteiger partial charge in [0.15, 0.2) is 11.3 Å². The van der Waals surface area contributed by atoms with Gasteiger partial charge < -0.3 is 9.80 Å². The maximum absolute atomic E-state index is 13.0. The zero-order valence-electron chi connectivity index (χ0n) is 16.1. The van der Waals surface area contributed by atoms with Crippen molar-refractivity contribution in [3.8, 4) is 0 Å². The molecule has 1 fully saturated rings. The van der Waals surface area contributed by atoms with Crippen molar-refractivity contribution in [3.63, 3.8) is 0 Å². The summed E-state index contributed by atoms with van der Waals surface area (Å²) in [7, 11) is 0. The minimum Gasteiger partial charge on any atom is -0.368 e. The third-order valence-electron chi connectivity index (χ3n) is 5.15. The van der Waals surface area contributed by atoms with Gasteiger partial charge in [0.1, 0.15) is 5.52 Å². The first-order valence-electron chi connectivity index (χ1n) is 9.55. The maximum atomic E-state index is 13.0. The van der Waals surface area contributed by atoms with Gasteiger partial charge in [-0.2, -0.15) is 0 Å². The number of pyridine rings is 1. The van der Waals surface area contributed by atoms with Gasteiger partial charge in [-0.25, -0.2) is 9.97 Å². The second kappa shape index (κ2) is 7.42. The fourth-order valence-corrected chi connectivity index (χ4v) is 3.65. The Labute approximate surface area is 163 Å². The average molecular weight is 377 g/mol. The van der Waals surface area contributed by atoms with Gasteiger partial charge in [-0.1, -0.05) is 12.1 Å². The van der Waals surface area contributed by atoms with Crippen molar-refractivity contribution in [2.24, 2.45) is 0 Å². The van der Waals surface area contributed by atoms with E-state index in [2.05, 4.69) is 40.0 Å². The standard InChI is InChI=1S/C21H23N5O2/c1-3-26-19-17(8-5-9-22-19)23-18(21(26)28)20(27)25-12-10-24(11-13-25)16-7-4-6-15(2)14-16/h4-9,14H,3,10-13H2,1-2H3. The molecule has 0 saturated carbocycles. The van der Waals surface area contributed by atoms with E-state index in [1.165, 1.54) is 10.1 Å². The predicted molar refractivity (Wildman–Crippen MR) is 109 cm³/mol. The first kappa shape index (κ1) is 18.2. The maximum Gasteiger partial charge on any atom is 0.283 e. The van der Waals surface area contributed by atoms with Gasteiger partial charge in [0.25, 0.3) is 11.5 Å².